The minimum atomic E-state index is -0.400. The summed E-state index contributed by atoms with van der Waals surface area (Å²) in [5, 5.41) is 6.15. The number of aryl methyl sites for hydroxylation is 1. The lowest BCUT2D eigenvalue weighted by molar-refractivity contribution is 0.0919. The third-order valence-corrected chi connectivity index (χ3v) is 3.89. The molecule has 0 fully saturated rings. The molecule has 0 radical (unpaired) electrons. The predicted molar refractivity (Wildman–Crippen MR) is 102 cm³/mol. The van der Waals surface area contributed by atoms with Gasteiger partial charge in [0, 0.05) is 29.0 Å². The lowest BCUT2D eigenvalue weighted by atomic mass is 10.1. The molecule has 0 aliphatic rings. The molecule has 26 heavy (non-hydrogen) atoms. The summed E-state index contributed by atoms with van der Waals surface area (Å²) in [6, 6.07) is 4.86. The van der Waals surface area contributed by atoms with Gasteiger partial charge in [0.05, 0.1) is 23.9 Å². The monoisotopic (exact) mass is 375 g/mol. The van der Waals surface area contributed by atoms with Crippen molar-refractivity contribution in [2.45, 2.75) is 33.2 Å². The lowest BCUT2D eigenvalue weighted by Gasteiger charge is -2.20. The second-order valence-corrected chi connectivity index (χ2v) is 7.33. The number of carbonyl (C=O) groups is 2. The van der Waals surface area contributed by atoms with E-state index >= 15 is 0 Å². The minimum Gasteiger partial charge on any atom is -0.495 e. The van der Waals surface area contributed by atoms with Crippen LogP contribution in [0.25, 0.3) is 0 Å². The Kier molecular flexibility index (Phi) is 5.87. The van der Waals surface area contributed by atoms with Crippen molar-refractivity contribution in [2.75, 3.05) is 12.4 Å². The molecule has 138 valence electrons. The van der Waals surface area contributed by atoms with Gasteiger partial charge in [0.1, 0.15) is 5.75 Å². The van der Waals surface area contributed by atoms with E-state index in [-0.39, 0.29) is 17.0 Å². The second kappa shape index (κ2) is 7.74. The first-order valence-electron chi connectivity index (χ1n) is 8.04. The van der Waals surface area contributed by atoms with E-state index in [1.165, 1.54) is 25.6 Å². The van der Waals surface area contributed by atoms with Gasteiger partial charge in [0.25, 0.3) is 11.8 Å². The highest BCUT2D eigenvalue weighted by molar-refractivity contribution is 6.31. The molecule has 1 aromatic carbocycles. The summed E-state index contributed by atoms with van der Waals surface area (Å²) in [5.41, 5.74) is 1.49. The molecular weight excluding hydrogens is 354 g/mol. The highest BCUT2D eigenvalue weighted by Crippen LogP contribution is 2.31. The Balaban J connectivity index is 2.25. The van der Waals surface area contributed by atoms with Crippen LogP contribution in [0.3, 0.4) is 0 Å². The van der Waals surface area contributed by atoms with Gasteiger partial charge in [-0.15, -0.1) is 0 Å². The van der Waals surface area contributed by atoms with Crippen molar-refractivity contribution in [3.63, 3.8) is 0 Å². The van der Waals surface area contributed by atoms with Crippen LogP contribution in [0.4, 0.5) is 5.69 Å². The number of aromatic nitrogens is 1. The Morgan fingerprint density at radius 1 is 1.08 bits per heavy atom. The smallest absolute Gasteiger partial charge is 0.257 e. The molecule has 0 atom stereocenters. The normalized spacial score (nSPS) is 11.0. The number of hydrogen-bond acceptors (Lipinski definition) is 4. The molecule has 0 unspecified atom stereocenters. The first-order chi connectivity index (χ1) is 12.1. The first-order valence-corrected chi connectivity index (χ1v) is 8.41. The number of anilines is 1. The Morgan fingerprint density at radius 2 is 1.69 bits per heavy atom. The maximum absolute atomic E-state index is 12.6. The van der Waals surface area contributed by atoms with Gasteiger partial charge in [-0.1, -0.05) is 11.6 Å². The van der Waals surface area contributed by atoms with Crippen molar-refractivity contribution >= 4 is 29.1 Å². The van der Waals surface area contributed by atoms with Crippen molar-refractivity contribution in [2.24, 2.45) is 0 Å². The van der Waals surface area contributed by atoms with Gasteiger partial charge in [0.15, 0.2) is 0 Å². The number of nitrogens with zero attached hydrogens (tertiary/aromatic N) is 1. The third kappa shape index (κ3) is 4.95. The summed E-state index contributed by atoms with van der Waals surface area (Å²) in [4.78, 5) is 28.8. The van der Waals surface area contributed by atoms with Crippen LogP contribution in [0.2, 0.25) is 5.02 Å². The topological polar surface area (TPSA) is 80.3 Å². The fourth-order valence-corrected chi connectivity index (χ4v) is 2.38. The predicted octanol–water partition coefficient (Wildman–Crippen LogP) is 3.83. The fourth-order valence-electron chi connectivity index (χ4n) is 2.23. The standard InChI is InChI=1S/C19H22ClN3O3/c1-11-6-15(16(26-5)8-14(11)20)22-17(24)12-7-13(10-21-9-12)18(25)23-19(2,3)4/h6-10H,1-5H3,(H,22,24)(H,23,25). The van der Waals surface area contributed by atoms with Crippen LogP contribution >= 0.6 is 11.6 Å². The van der Waals surface area contributed by atoms with Gasteiger partial charge in [-0.25, -0.2) is 0 Å². The van der Waals surface area contributed by atoms with Crippen LogP contribution in [-0.2, 0) is 0 Å². The van der Waals surface area contributed by atoms with Crippen molar-refractivity contribution < 1.29 is 14.3 Å². The van der Waals surface area contributed by atoms with E-state index < -0.39 is 5.91 Å². The van der Waals surface area contributed by atoms with E-state index in [9.17, 15) is 9.59 Å². The third-order valence-electron chi connectivity index (χ3n) is 3.48. The number of pyridine rings is 1. The first kappa shape index (κ1) is 19.7. The number of nitrogens with one attached hydrogen (secondary N) is 2. The number of ether oxygens (including phenoxy) is 1. The van der Waals surface area contributed by atoms with Crippen LogP contribution in [0.1, 0.15) is 47.1 Å². The number of hydrogen-bond donors (Lipinski definition) is 2. The van der Waals surface area contributed by atoms with Crippen molar-refractivity contribution in [1.82, 2.24) is 10.3 Å². The van der Waals surface area contributed by atoms with Gasteiger partial charge >= 0.3 is 0 Å². The molecular formula is C19H22ClN3O3. The number of amides is 2. The van der Waals surface area contributed by atoms with Crippen molar-refractivity contribution in [1.29, 1.82) is 0 Å². The van der Waals surface area contributed by atoms with Gasteiger partial charge in [-0.2, -0.15) is 0 Å². The molecule has 6 nitrogen and oxygen atoms in total. The Bertz CT molecular complexity index is 844. The zero-order valence-electron chi connectivity index (χ0n) is 15.4. The van der Waals surface area contributed by atoms with Gasteiger partial charge in [0.2, 0.25) is 0 Å². The average Bonchev–Trinajstić information content (AvgIpc) is 2.56. The molecule has 0 bridgehead atoms. The second-order valence-electron chi connectivity index (χ2n) is 6.92. The Hall–Kier alpha value is -2.60. The number of halogens is 1. The van der Waals surface area contributed by atoms with E-state index in [1.54, 1.807) is 12.1 Å². The molecule has 2 N–H and O–H groups in total. The summed E-state index contributed by atoms with van der Waals surface area (Å²) in [5.74, 6) is -0.244. The number of rotatable bonds is 4. The van der Waals surface area contributed by atoms with Gasteiger partial charge in [-0.3, -0.25) is 14.6 Å². The van der Waals surface area contributed by atoms with E-state index in [0.29, 0.717) is 22.0 Å². The molecule has 0 spiro atoms. The number of methoxy groups -OCH3 is 1. The summed E-state index contributed by atoms with van der Waals surface area (Å²) < 4.78 is 5.26. The molecule has 7 heteroatoms. The SMILES string of the molecule is COc1cc(Cl)c(C)cc1NC(=O)c1cncc(C(=O)NC(C)(C)C)c1. The van der Waals surface area contributed by atoms with E-state index in [0.717, 1.165) is 5.56 Å². The van der Waals surface area contributed by atoms with Gasteiger partial charge < -0.3 is 15.4 Å². The molecule has 1 aromatic heterocycles. The van der Waals surface area contributed by atoms with Crippen LogP contribution < -0.4 is 15.4 Å². The van der Waals surface area contributed by atoms with E-state index in [1.807, 2.05) is 27.7 Å². The largest absolute Gasteiger partial charge is 0.495 e. The zero-order chi connectivity index (χ0) is 19.5. The van der Waals surface area contributed by atoms with E-state index in [4.69, 9.17) is 16.3 Å². The van der Waals surface area contributed by atoms with Crippen LogP contribution in [0.5, 0.6) is 5.75 Å². The van der Waals surface area contributed by atoms with Crippen molar-refractivity contribution in [3.05, 3.63) is 52.3 Å². The zero-order valence-corrected chi connectivity index (χ0v) is 16.2. The molecule has 2 rings (SSSR count). The maximum atomic E-state index is 12.6. The Labute approximate surface area is 157 Å². The summed E-state index contributed by atoms with van der Waals surface area (Å²) in [6.45, 7) is 7.47. The summed E-state index contributed by atoms with van der Waals surface area (Å²) >= 11 is 6.08. The average molecular weight is 376 g/mol. The molecule has 2 aromatic rings. The van der Waals surface area contributed by atoms with Crippen LogP contribution in [-0.4, -0.2) is 29.4 Å². The molecule has 0 aliphatic carbocycles. The van der Waals surface area contributed by atoms with Crippen LogP contribution in [0, 0.1) is 6.92 Å². The fraction of sp³-hybridized carbons (Fsp3) is 0.316. The summed E-state index contributed by atoms with van der Waals surface area (Å²) in [6.07, 6.45) is 2.82. The van der Waals surface area contributed by atoms with Crippen molar-refractivity contribution in [3.8, 4) is 5.75 Å². The van der Waals surface area contributed by atoms with E-state index in [2.05, 4.69) is 15.6 Å². The molecule has 2 amide bonds. The van der Waals surface area contributed by atoms with Crippen LogP contribution in [0.15, 0.2) is 30.6 Å². The van der Waals surface area contributed by atoms with Gasteiger partial charge in [-0.05, 0) is 45.4 Å². The minimum absolute atomic E-state index is 0.265. The molecule has 0 aliphatic heterocycles. The lowest BCUT2D eigenvalue weighted by Crippen LogP contribution is -2.40. The quantitative estimate of drug-likeness (QED) is 0.850. The summed E-state index contributed by atoms with van der Waals surface area (Å²) in [7, 11) is 1.50. The maximum Gasteiger partial charge on any atom is 0.257 e. The highest BCUT2D eigenvalue weighted by Gasteiger charge is 2.18. The molecule has 0 saturated heterocycles. The Morgan fingerprint density at radius 3 is 2.27 bits per heavy atom. The number of benzene rings is 1. The number of carbonyl (C=O) groups excluding carboxylic acids is 2. The highest BCUT2D eigenvalue weighted by atomic mass is 35.5. The molecule has 0 saturated carbocycles. The molecule has 1 heterocycles.